The lowest BCUT2D eigenvalue weighted by Crippen LogP contribution is -2.31. The van der Waals surface area contributed by atoms with Gasteiger partial charge in [-0.1, -0.05) is 153 Å². The van der Waals surface area contributed by atoms with E-state index in [1.54, 1.807) is 0 Å². The van der Waals surface area contributed by atoms with Gasteiger partial charge in [0, 0.05) is 5.41 Å². The van der Waals surface area contributed by atoms with Crippen LogP contribution in [0.5, 0.6) is 0 Å². The van der Waals surface area contributed by atoms with Crippen molar-refractivity contribution in [2.75, 3.05) is 0 Å². The van der Waals surface area contributed by atoms with Crippen LogP contribution in [0.1, 0.15) is 59.4 Å². The monoisotopic (exact) mass is 657 g/mol. The van der Waals surface area contributed by atoms with Crippen molar-refractivity contribution in [3.8, 4) is 39.4 Å². The van der Waals surface area contributed by atoms with Crippen molar-refractivity contribution < 1.29 is 0 Å². The van der Waals surface area contributed by atoms with Crippen molar-refractivity contribution >= 4 is 16.8 Å². The molecule has 0 aliphatic heterocycles. The third-order valence-corrected chi connectivity index (χ3v) is 10.4. The largest absolute Gasteiger partial charge is 0.312 e. The molecule has 0 amide bonds. The average Bonchev–Trinajstić information content (AvgIpc) is 3.41. The van der Waals surface area contributed by atoms with Crippen molar-refractivity contribution in [2.24, 2.45) is 5.73 Å². The van der Waals surface area contributed by atoms with Crippen LogP contribution in [-0.4, -0.2) is 0 Å². The predicted octanol–water partition coefficient (Wildman–Crippen LogP) is 11.4. The summed E-state index contributed by atoms with van der Waals surface area (Å²) in [7, 11) is 0. The Morgan fingerprint density at radius 2 is 1.27 bits per heavy atom. The molecule has 246 valence electrons. The fourth-order valence-corrected chi connectivity index (χ4v) is 7.56. The maximum atomic E-state index is 9.27. The first-order chi connectivity index (χ1) is 24.9. The Hall–Kier alpha value is -6.05. The van der Waals surface area contributed by atoms with Gasteiger partial charge in [0.1, 0.15) is 0 Å². The molecule has 1 aliphatic carbocycles. The fraction of sp³-hybridized carbons (Fsp3) is 0.104. The minimum absolute atomic E-state index is 0.0760. The van der Waals surface area contributed by atoms with E-state index in [9.17, 15) is 5.26 Å². The summed E-state index contributed by atoms with van der Waals surface area (Å²) in [6, 6.07) is 57.5. The van der Waals surface area contributed by atoms with E-state index in [1.807, 2.05) is 54.6 Å². The van der Waals surface area contributed by atoms with Crippen LogP contribution in [0.15, 0.2) is 164 Å². The van der Waals surface area contributed by atoms with Gasteiger partial charge in [0.25, 0.3) is 0 Å². The van der Waals surface area contributed by atoms with E-state index in [1.165, 1.54) is 44.2 Å². The SMILES string of the molecule is CC1(C)c2cc3ccccc3cc2-c2c(-c3ccc(/C=C/C(NC(N)c4ccccc4)c4cccc(-c5ccc(C#N)cc5)c4)cc3)cccc21. The third kappa shape index (κ3) is 6.17. The highest BCUT2D eigenvalue weighted by atomic mass is 15.0. The van der Waals surface area contributed by atoms with Gasteiger partial charge < -0.3 is 5.73 Å². The number of fused-ring (bicyclic) bond motifs is 4. The molecule has 2 atom stereocenters. The maximum absolute atomic E-state index is 9.27. The Balaban J connectivity index is 1.12. The molecule has 7 aromatic rings. The Kier molecular flexibility index (Phi) is 8.42. The first-order valence-electron chi connectivity index (χ1n) is 17.5. The molecular weight excluding hydrogens is 619 g/mol. The van der Waals surface area contributed by atoms with Crippen molar-refractivity contribution in [3.63, 3.8) is 0 Å². The highest BCUT2D eigenvalue weighted by molar-refractivity contribution is 5.98. The van der Waals surface area contributed by atoms with Gasteiger partial charge in [-0.25, -0.2) is 0 Å². The molecule has 0 heterocycles. The number of nitrogens with zero attached hydrogens (tertiary/aromatic N) is 1. The Labute approximate surface area is 300 Å². The van der Waals surface area contributed by atoms with E-state index in [-0.39, 0.29) is 17.6 Å². The van der Waals surface area contributed by atoms with Gasteiger partial charge in [0.2, 0.25) is 0 Å². The molecule has 2 unspecified atom stereocenters. The van der Waals surface area contributed by atoms with Gasteiger partial charge in [-0.2, -0.15) is 5.26 Å². The molecule has 7 aromatic carbocycles. The molecular formula is C48H39N3. The predicted molar refractivity (Wildman–Crippen MR) is 212 cm³/mol. The molecule has 0 saturated heterocycles. The number of benzene rings is 7. The van der Waals surface area contributed by atoms with Crippen LogP contribution in [-0.2, 0) is 5.41 Å². The number of nitrogens with two attached hydrogens (primary N) is 1. The van der Waals surface area contributed by atoms with E-state index in [4.69, 9.17) is 5.73 Å². The Morgan fingerprint density at radius 1 is 0.608 bits per heavy atom. The number of hydrogen-bond donors (Lipinski definition) is 2. The molecule has 3 N–H and O–H groups in total. The van der Waals surface area contributed by atoms with E-state index in [0.717, 1.165) is 27.8 Å². The van der Waals surface area contributed by atoms with Gasteiger partial charge >= 0.3 is 0 Å². The molecule has 0 saturated carbocycles. The van der Waals surface area contributed by atoms with Crippen LogP contribution in [0.2, 0.25) is 0 Å². The smallest absolute Gasteiger partial charge is 0.0991 e. The molecule has 3 nitrogen and oxygen atoms in total. The number of rotatable bonds is 8. The van der Waals surface area contributed by atoms with Gasteiger partial charge in [0.15, 0.2) is 0 Å². The van der Waals surface area contributed by atoms with Gasteiger partial charge in [-0.05, 0) is 102 Å². The summed E-state index contributed by atoms with van der Waals surface area (Å²) < 4.78 is 0. The topological polar surface area (TPSA) is 61.8 Å². The molecule has 0 fully saturated rings. The Bertz CT molecular complexity index is 2430. The summed E-state index contributed by atoms with van der Waals surface area (Å²) >= 11 is 0. The lowest BCUT2D eigenvalue weighted by Gasteiger charge is -2.22. The van der Waals surface area contributed by atoms with Crippen LogP contribution >= 0.6 is 0 Å². The molecule has 0 radical (unpaired) electrons. The van der Waals surface area contributed by atoms with Crippen LogP contribution in [0, 0.1) is 11.3 Å². The maximum Gasteiger partial charge on any atom is 0.0991 e. The second-order valence-electron chi connectivity index (χ2n) is 13.9. The second-order valence-corrected chi connectivity index (χ2v) is 13.9. The fourth-order valence-electron chi connectivity index (χ4n) is 7.56. The summed E-state index contributed by atoms with van der Waals surface area (Å²) in [6.07, 6.45) is 4.01. The van der Waals surface area contributed by atoms with Crippen molar-refractivity contribution in [3.05, 3.63) is 197 Å². The quantitative estimate of drug-likeness (QED) is 0.160. The van der Waals surface area contributed by atoms with Crippen LogP contribution in [0.25, 0.3) is 50.2 Å². The zero-order valence-electron chi connectivity index (χ0n) is 28.8. The summed E-state index contributed by atoms with van der Waals surface area (Å²) in [6.45, 7) is 4.69. The van der Waals surface area contributed by atoms with Crippen LogP contribution in [0.4, 0.5) is 0 Å². The molecule has 51 heavy (non-hydrogen) atoms. The number of hydrogen-bond acceptors (Lipinski definition) is 3. The molecule has 0 aromatic heterocycles. The molecule has 8 rings (SSSR count). The van der Waals surface area contributed by atoms with Gasteiger partial charge in [0.05, 0.1) is 23.8 Å². The lowest BCUT2D eigenvalue weighted by molar-refractivity contribution is 0.509. The molecule has 1 aliphatic rings. The zero-order chi connectivity index (χ0) is 35.0. The highest BCUT2D eigenvalue weighted by Gasteiger charge is 2.37. The standard InChI is InChI=1S/C48H39N3/c1-48(2)43-17-9-16-41(46(43)42-29-38-12-6-7-13-39(38)30-44(42)48)35-25-18-32(19-26-35)22-27-45(51-47(50)36-10-4-3-5-11-36)40-15-8-14-37(28-40)34-23-20-33(31-49)21-24-34/h3-30,45,47,51H,50H2,1-2H3/b27-22+. The average molecular weight is 658 g/mol. The molecule has 0 spiro atoms. The van der Waals surface area contributed by atoms with Gasteiger partial charge in [-0.3, -0.25) is 5.32 Å². The summed E-state index contributed by atoms with van der Waals surface area (Å²) in [5.74, 6) is 0. The molecule has 0 bridgehead atoms. The van der Waals surface area contributed by atoms with Crippen LogP contribution in [0.3, 0.4) is 0 Å². The summed E-state index contributed by atoms with van der Waals surface area (Å²) in [5, 5.41) is 15.5. The van der Waals surface area contributed by atoms with Crippen molar-refractivity contribution in [2.45, 2.75) is 31.5 Å². The zero-order valence-corrected chi connectivity index (χ0v) is 28.8. The lowest BCUT2D eigenvalue weighted by atomic mass is 9.81. The first kappa shape index (κ1) is 32.2. The van der Waals surface area contributed by atoms with E-state index < -0.39 is 0 Å². The second kappa shape index (κ2) is 13.3. The number of nitrogens with one attached hydrogen (secondary N) is 1. The van der Waals surface area contributed by atoms with E-state index in [0.29, 0.717) is 5.56 Å². The first-order valence-corrected chi connectivity index (χ1v) is 17.5. The van der Waals surface area contributed by atoms with Gasteiger partial charge in [-0.15, -0.1) is 0 Å². The molecule has 3 heteroatoms. The summed E-state index contributed by atoms with van der Waals surface area (Å²) in [4.78, 5) is 0. The van der Waals surface area contributed by atoms with Crippen LogP contribution < -0.4 is 11.1 Å². The minimum Gasteiger partial charge on any atom is -0.312 e. The van der Waals surface area contributed by atoms with E-state index >= 15 is 0 Å². The minimum atomic E-state index is -0.355. The summed E-state index contributed by atoms with van der Waals surface area (Å²) in [5.41, 5.74) is 20.6. The van der Waals surface area contributed by atoms with Crippen molar-refractivity contribution in [1.82, 2.24) is 5.32 Å². The highest BCUT2D eigenvalue weighted by Crippen LogP contribution is 2.53. The van der Waals surface area contributed by atoms with E-state index in [2.05, 4.69) is 141 Å². The third-order valence-electron chi connectivity index (χ3n) is 10.4. The normalized spacial score (nSPS) is 14.2. The number of nitriles is 1. The Morgan fingerprint density at radius 3 is 2.02 bits per heavy atom. The van der Waals surface area contributed by atoms with Crippen molar-refractivity contribution in [1.29, 1.82) is 5.26 Å².